The Labute approximate surface area is 138 Å². The Bertz CT molecular complexity index is 784. The number of halogens is 1. The molecule has 1 amide bonds. The molecule has 1 aromatic carbocycles. The lowest BCUT2D eigenvalue weighted by atomic mass is 10.1. The smallest absolute Gasteiger partial charge is 0.261 e. The topological polar surface area (TPSA) is 59.3 Å². The zero-order valence-corrected chi connectivity index (χ0v) is 13.8. The van der Waals surface area contributed by atoms with E-state index < -0.39 is 0 Å². The second-order valence-electron chi connectivity index (χ2n) is 5.39. The Morgan fingerprint density at radius 2 is 2.30 bits per heavy atom. The van der Waals surface area contributed by atoms with E-state index in [-0.39, 0.29) is 18.3 Å². The van der Waals surface area contributed by atoms with Crippen LogP contribution in [0.1, 0.15) is 23.4 Å². The predicted molar refractivity (Wildman–Crippen MR) is 88.1 cm³/mol. The SMILES string of the molecule is Cc1cc(C)n(CC(=O)N/N=C2/CCSc3c(F)cccc32)n1. The maximum Gasteiger partial charge on any atom is 0.261 e. The summed E-state index contributed by atoms with van der Waals surface area (Å²) in [6.07, 6.45) is 0.696. The average molecular weight is 332 g/mol. The van der Waals surface area contributed by atoms with E-state index in [9.17, 15) is 9.18 Å². The highest BCUT2D eigenvalue weighted by Gasteiger charge is 2.19. The van der Waals surface area contributed by atoms with Crippen LogP contribution in [0.5, 0.6) is 0 Å². The van der Waals surface area contributed by atoms with Gasteiger partial charge in [0.05, 0.1) is 16.3 Å². The Balaban J connectivity index is 1.73. The molecule has 0 radical (unpaired) electrons. The normalized spacial score (nSPS) is 15.5. The van der Waals surface area contributed by atoms with Gasteiger partial charge >= 0.3 is 0 Å². The molecule has 0 spiro atoms. The first kappa shape index (κ1) is 15.7. The minimum absolute atomic E-state index is 0.112. The zero-order chi connectivity index (χ0) is 16.4. The quantitative estimate of drug-likeness (QED) is 0.879. The van der Waals surface area contributed by atoms with Crippen molar-refractivity contribution in [2.45, 2.75) is 31.7 Å². The van der Waals surface area contributed by atoms with E-state index >= 15 is 0 Å². The number of rotatable bonds is 3. The van der Waals surface area contributed by atoms with Gasteiger partial charge in [0.25, 0.3) is 5.91 Å². The van der Waals surface area contributed by atoms with Crippen LogP contribution in [0.3, 0.4) is 0 Å². The van der Waals surface area contributed by atoms with E-state index in [4.69, 9.17) is 0 Å². The van der Waals surface area contributed by atoms with E-state index in [1.165, 1.54) is 17.8 Å². The lowest BCUT2D eigenvalue weighted by molar-refractivity contribution is -0.121. The standard InChI is InChI=1S/C16H17FN4OS/c1-10-8-11(2)21(20-10)9-15(22)19-18-14-6-7-23-16-12(14)4-3-5-13(16)17/h3-5,8H,6-7,9H2,1-2H3,(H,19,22)/b18-14-. The molecule has 2 heterocycles. The molecule has 1 aromatic heterocycles. The van der Waals surface area contributed by atoms with Crippen molar-refractivity contribution in [1.82, 2.24) is 15.2 Å². The van der Waals surface area contributed by atoms with Gasteiger partial charge in [-0.15, -0.1) is 11.8 Å². The number of hydrogen-bond acceptors (Lipinski definition) is 4. The largest absolute Gasteiger partial charge is 0.271 e. The van der Waals surface area contributed by atoms with Gasteiger partial charge in [0.2, 0.25) is 0 Å². The third-order valence-electron chi connectivity index (χ3n) is 3.58. The van der Waals surface area contributed by atoms with Crippen molar-refractivity contribution in [3.63, 3.8) is 0 Å². The third kappa shape index (κ3) is 3.44. The molecule has 2 aromatic rings. The Morgan fingerprint density at radius 3 is 3.04 bits per heavy atom. The fourth-order valence-corrected chi connectivity index (χ4v) is 3.57. The minimum atomic E-state index is -0.250. The van der Waals surface area contributed by atoms with Crippen molar-refractivity contribution in [2.75, 3.05) is 5.75 Å². The van der Waals surface area contributed by atoms with Crippen LogP contribution in [0.15, 0.2) is 34.3 Å². The summed E-state index contributed by atoms with van der Waals surface area (Å²) in [5.74, 6) is 0.258. The van der Waals surface area contributed by atoms with Gasteiger partial charge in [-0.05, 0) is 26.0 Å². The van der Waals surface area contributed by atoms with Crippen LogP contribution in [0, 0.1) is 19.7 Å². The molecular weight excluding hydrogens is 315 g/mol. The monoisotopic (exact) mass is 332 g/mol. The summed E-state index contributed by atoms with van der Waals surface area (Å²) in [7, 11) is 0. The second kappa shape index (κ2) is 6.54. The molecular formula is C16H17FN4OS. The maximum absolute atomic E-state index is 13.8. The van der Waals surface area contributed by atoms with Gasteiger partial charge in [-0.3, -0.25) is 9.48 Å². The number of aromatic nitrogens is 2. The van der Waals surface area contributed by atoms with E-state index in [2.05, 4.69) is 15.6 Å². The van der Waals surface area contributed by atoms with Gasteiger partial charge in [0.1, 0.15) is 12.4 Å². The number of thioether (sulfide) groups is 1. The van der Waals surface area contributed by atoms with Crippen LogP contribution < -0.4 is 5.43 Å². The van der Waals surface area contributed by atoms with Crippen LogP contribution in [0.4, 0.5) is 4.39 Å². The summed E-state index contributed by atoms with van der Waals surface area (Å²) >= 11 is 1.48. The fraction of sp³-hybridized carbons (Fsp3) is 0.312. The highest BCUT2D eigenvalue weighted by atomic mass is 32.2. The highest BCUT2D eigenvalue weighted by Crippen LogP contribution is 2.32. The van der Waals surface area contributed by atoms with E-state index in [0.717, 1.165) is 22.7 Å². The molecule has 0 saturated carbocycles. The second-order valence-corrected chi connectivity index (χ2v) is 6.50. The number of fused-ring (bicyclic) bond motifs is 1. The molecule has 1 aliphatic heterocycles. The predicted octanol–water partition coefficient (Wildman–Crippen LogP) is 2.66. The minimum Gasteiger partial charge on any atom is -0.271 e. The maximum atomic E-state index is 13.8. The number of benzene rings is 1. The zero-order valence-electron chi connectivity index (χ0n) is 13.0. The van der Waals surface area contributed by atoms with Crippen molar-refractivity contribution in [2.24, 2.45) is 5.10 Å². The molecule has 120 valence electrons. The van der Waals surface area contributed by atoms with Crippen LogP contribution in [-0.2, 0) is 11.3 Å². The fourth-order valence-electron chi connectivity index (χ4n) is 2.52. The van der Waals surface area contributed by atoms with Gasteiger partial charge in [-0.2, -0.15) is 10.2 Å². The first-order valence-electron chi connectivity index (χ1n) is 7.33. The van der Waals surface area contributed by atoms with Crippen LogP contribution in [-0.4, -0.2) is 27.2 Å². The average Bonchev–Trinajstić information content (AvgIpc) is 2.83. The summed E-state index contributed by atoms with van der Waals surface area (Å²) in [4.78, 5) is 12.6. The number of carbonyl (C=O) groups excluding carboxylic acids is 1. The van der Waals surface area contributed by atoms with Gasteiger partial charge in [0.15, 0.2) is 0 Å². The molecule has 3 rings (SSSR count). The molecule has 5 nitrogen and oxygen atoms in total. The molecule has 0 atom stereocenters. The van der Waals surface area contributed by atoms with Crippen LogP contribution in [0.25, 0.3) is 0 Å². The lowest BCUT2D eigenvalue weighted by Crippen LogP contribution is -2.26. The first-order chi connectivity index (χ1) is 11.0. The van der Waals surface area contributed by atoms with E-state index in [1.54, 1.807) is 10.7 Å². The molecule has 0 fully saturated rings. The van der Waals surface area contributed by atoms with Gasteiger partial charge in [0, 0.05) is 23.4 Å². The van der Waals surface area contributed by atoms with E-state index in [0.29, 0.717) is 17.0 Å². The summed E-state index contributed by atoms with van der Waals surface area (Å²) < 4.78 is 15.4. The number of carbonyl (C=O) groups is 1. The number of aryl methyl sites for hydroxylation is 2. The molecule has 0 unspecified atom stereocenters. The molecule has 0 aliphatic carbocycles. The summed E-state index contributed by atoms with van der Waals surface area (Å²) in [5, 5.41) is 8.44. The third-order valence-corrected chi connectivity index (χ3v) is 4.69. The van der Waals surface area contributed by atoms with Crippen molar-refractivity contribution < 1.29 is 9.18 Å². The Hall–Kier alpha value is -2.15. The summed E-state index contributed by atoms with van der Waals surface area (Å²) in [5.41, 5.74) is 5.81. The van der Waals surface area contributed by atoms with Crippen LogP contribution >= 0.6 is 11.8 Å². The Kier molecular flexibility index (Phi) is 4.47. The summed E-state index contributed by atoms with van der Waals surface area (Å²) in [6.45, 7) is 3.89. The van der Waals surface area contributed by atoms with Gasteiger partial charge in [-0.1, -0.05) is 12.1 Å². The van der Waals surface area contributed by atoms with E-state index in [1.807, 2.05) is 26.0 Å². The molecule has 23 heavy (non-hydrogen) atoms. The lowest BCUT2D eigenvalue weighted by Gasteiger charge is -2.17. The van der Waals surface area contributed by atoms with Gasteiger partial charge in [-0.25, -0.2) is 9.82 Å². The number of hydrogen-bond donors (Lipinski definition) is 1. The molecule has 1 aliphatic rings. The number of amides is 1. The number of hydrazone groups is 1. The first-order valence-corrected chi connectivity index (χ1v) is 8.31. The molecule has 0 bridgehead atoms. The highest BCUT2D eigenvalue weighted by molar-refractivity contribution is 7.99. The number of nitrogens with one attached hydrogen (secondary N) is 1. The van der Waals surface area contributed by atoms with Gasteiger partial charge < -0.3 is 0 Å². The molecule has 1 N–H and O–H groups in total. The molecule has 7 heteroatoms. The van der Waals surface area contributed by atoms with Crippen molar-refractivity contribution in [3.05, 3.63) is 47.0 Å². The van der Waals surface area contributed by atoms with Crippen LogP contribution in [0.2, 0.25) is 0 Å². The summed E-state index contributed by atoms with van der Waals surface area (Å²) in [6, 6.07) is 6.84. The van der Waals surface area contributed by atoms with Crippen molar-refractivity contribution in [3.8, 4) is 0 Å². The van der Waals surface area contributed by atoms with Crippen molar-refractivity contribution >= 4 is 23.4 Å². The number of nitrogens with zero attached hydrogens (tertiary/aromatic N) is 3. The molecule has 0 saturated heterocycles. The Morgan fingerprint density at radius 1 is 1.48 bits per heavy atom. The van der Waals surface area contributed by atoms with Crippen molar-refractivity contribution in [1.29, 1.82) is 0 Å².